The molecule has 1 fully saturated rings. The Balaban J connectivity index is 1.50. The van der Waals surface area contributed by atoms with Crippen molar-refractivity contribution in [3.63, 3.8) is 0 Å². The highest BCUT2D eigenvalue weighted by Crippen LogP contribution is 2.42. The number of carbonyl (C=O) groups excluding carboxylic acids is 2. The van der Waals surface area contributed by atoms with Gasteiger partial charge < -0.3 is 19.4 Å². The van der Waals surface area contributed by atoms with Crippen molar-refractivity contribution < 1.29 is 19.1 Å². The summed E-state index contributed by atoms with van der Waals surface area (Å²) in [7, 11) is 3.11. The van der Waals surface area contributed by atoms with Gasteiger partial charge in [-0.25, -0.2) is 5.01 Å². The number of piperazine rings is 1. The molecule has 0 radical (unpaired) electrons. The molecule has 0 aliphatic carbocycles. The molecule has 5 rings (SSSR count). The molecule has 0 bridgehead atoms. The first-order chi connectivity index (χ1) is 15.9. The van der Waals surface area contributed by atoms with Crippen molar-refractivity contribution in [1.82, 2.24) is 14.9 Å². The lowest BCUT2D eigenvalue weighted by molar-refractivity contribution is -0.163. The van der Waals surface area contributed by atoms with E-state index in [-0.39, 0.29) is 18.4 Å². The van der Waals surface area contributed by atoms with Crippen LogP contribution >= 0.6 is 0 Å². The van der Waals surface area contributed by atoms with Gasteiger partial charge in [0.15, 0.2) is 11.5 Å². The highest BCUT2D eigenvalue weighted by Gasteiger charge is 2.51. The third kappa shape index (κ3) is 3.16. The molecule has 8 nitrogen and oxygen atoms in total. The maximum Gasteiger partial charge on any atom is 0.266 e. The number of methoxy groups -OCH3 is 2. The first-order valence-corrected chi connectivity index (χ1v) is 10.9. The lowest BCUT2D eigenvalue weighted by Crippen LogP contribution is -2.66. The number of hydrazone groups is 1. The Morgan fingerprint density at radius 1 is 1.09 bits per heavy atom. The van der Waals surface area contributed by atoms with Crippen LogP contribution in [-0.4, -0.2) is 59.7 Å². The van der Waals surface area contributed by atoms with E-state index in [0.717, 1.165) is 22.2 Å². The smallest absolute Gasteiger partial charge is 0.266 e. The number of amides is 2. The van der Waals surface area contributed by atoms with Gasteiger partial charge in [-0.3, -0.25) is 9.59 Å². The summed E-state index contributed by atoms with van der Waals surface area (Å²) >= 11 is 0. The molecule has 0 spiro atoms. The Morgan fingerprint density at radius 3 is 2.64 bits per heavy atom. The minimum atomic E-state index is -0.643. The molecule has 2 aromatic carbocycles. The summed E-state index contributed by atoms with van der Waals surface area (Å²) in [6.45, 7) is 3.86. The molecule has 3 heterocycles. The molecule has 0 saturated carbocycles. The number of carbonyl (C=O) groups is 2. The summed E-state index contributed by atoms with van der Waals surface area (Å²) in [6, 6.07) is 12.8. The number of H-pyrrole nitrogens is 1. The molecule has 3 aromatic rings. The standard InChI is InChI=1S/C25H26N4O4/c1-25(2)23-17(16-9-5-6-10-18(16)27-23)12-19-24(31)28(14-21(30)29(19)25)26-13-15-8-7-11-20(32-3)22(15)33-4/h5-11,13,19,27H,12,14H2,1-4H3/t19-/m0/s1. The number of aromatic amines is 1. The van der Waals surface area contributed by atoms with Gasteiger partial charge in [-0.05, 0) is 37.6 Å². The molecule has 2 aliphatic rings. The number of aromatic nitrogens is 1. The van der Waals surface area contributed by atoms with Gasteiger partial charge in [-0.2, -0.15) is 5.10 Å². The number of fused-ring (bicyclic) bond motifs is 4. The molecule has 1 N–H and O–H groups in total. The van der Waals surface area contributed by atoms with Crippen molar-refractivity contribution in [3.8, 4) is 11.5 Å². The van der Waals surface area contributed by atoms with E-state index in [4.69, 9.17) is 9.47 Å². The van der Waals surface area contributed by atoms with Crippen LogP contribution in [0.1, 0.15) is 30.7 Å². The van der Waals surface area contributed by atoms with E-state index in [1.54, 1.807) is 25.2 Å². The fourth-order valence-electron chi connectivity index (χ4n) is 5.11. The third-order valence-electron chi connectivity index (χ3n) is 6.60. The number of nitrogens with one attached hydrogen (secondary N) is 1. The van der Waals surface area contributed by atoms with Crippen molar-refractivity contribution >= 4 is 28.9 Å². The normalized spacial score (nSPS) is 19.7. The summed E-state index contributed by atoms with van der Waals surface area (Å²) in [6.07, 6.45) is 1.98. The molecule has 170 valence electrons. The average Bonchev–Trinajstić information content (AvgIpc) is 3.19. The van der Waals surface area contributed by atoms with Gasteiger partial charge in [-0.15, -0.1) is 0 Å². The van der Waals surface area contributed by atoms with Crippen LogP contribution in [-0.2, 0) is 21.5 Å². The maximum absolute atomic E-state index is 13.5. The lowest BCUT2D eigenvalue weighted by atomic mass is 9.82. The van der Waals surface area contributed by atoms with E-state index in [1.807, 2.05) is 44.2 Å². The zero-order valence-electron chi connectivity index (χ0n) is 19.1. The first kappa shape index (κ1) is 21.1. The van der Waals surface area contributed by atoms with E-state index < -0.39 is 11.6 Å². The van der Waals surface area contributed by atoms with Gasteiger partial charge in [0.1, 0.15) is 12.6 Å². The molecule has 33 heavy (non-hydrogen) atoms. The first-order valence-electron chi connectivity index (χ1n) is 10.9. The van der Waals surface area contributed by atoms with Crippen molar-refractivity contribution in [3.05, 3.63) is 59.3 Å². The minimum absolute atomic E-state index is 0.114. The van der Waals surface area contributed by atoms with Crippen molar-refractivity contribution in [2.75, 3.05) is 20.8 Å². The SMILES string of the molecule is COc1cccc(C=NN2CC(=O)N3[C@@H](Cc4c([nH]c5ccccc45)C3(C)C)C2=O)c1OC. The highest BCUT2D eigenvalue weighted by molar-refractivity contribution is 5.98. The van der Waals surface area contributed by atoms with Crippen molar-refractivity contribution in [2.24, 2.45) is 5.10 Å². The number of nitrogens with zero attached hydrogens (tertiary/aromatic N) is 3. The quantitative estimate of drug-likeness (QED) is 0.624. The minimum Gasteiger partial charge on any atom is -0.493 e. The number of para-hydroxylation sites is 2. The second-order valence-electron chi connectivity index (χ2n) is 8.79. The average molecular weight is 447 g/mol. The van der Waals surface area contributed by atoms with Crippen LogP contribution in [0.3, 0.4) is 0 Å². The fourth-order valence-corrected chi connectivity index (χ4v) is 5.11. The van der Waals surface area contributed by atoms with E-state index >= 15 is 0 Å². The fraction of sp³-hybridized carbons (Fsp3) is 0.320. The van der Waals surface area contributed by atoms with Gasteiger partial charge in [-0.1, -0.05) is 24.3 Å². The van der Waals surface area contributed by atoms with Crippen molar-refractivity contribution in [1.29, 1.82) is 0 Å². The predicted octanol–water partition coefficient (Wildman–Crippen LogP) is 3.05. The van der Waals surface area contributed by atoms with E-state index in [2.05, 4.69) is 16.2 Å². The Labute approximate surface area is 191 Å². The Bertz CT molecular complexity index is 1290. The zero-order chi connectivity index (χ0) is 23.3. The predicted molar refractivity (Wildman–Crippen MR) is 125 cm³/mol. The molecule has 2 amide bonds. The van der Waals surface area contributed by atoms with Crippen LogP contribution in [0.4, 0.5) is 0 Å². The van der Waals surface area contributed by atoms with Crippen molar-refractivity contribution in [2.45, 2.75) is 31.8 Å². The second kappa shape index (κ2) is 7.65. The van der Waals surface area contributed by atoms with Crippen LogP contribution in [0, 0.1) is 0 Å². The molecular weight excluding hydrogens is 420 g/mol. The van der Waals surface area contributed by atoms with E-state index in [9.17, 15) is 9.59 Å². The molecular formula is C25H26N4O4. The third-order valence-corrected chi connectivity index (χ3v) is 6.60. The lowest BCUT2D eigenvalue weighted by Gasteiger charge is -2.50. The Kier molecular flexibility index (Phi) is 4.88. The van der Waals surface area contributed by atoms with Gasteiger partial charge in [0.25, 0.3) is 5.91 Å². The summed E-state index contributed by atoms with van der Waals surface area (Å²) in [5, 5.41) is 6.73. The van der Waals surface area contributed by atoms with Crippen LogP contribution in [0.15, 0.2) is 47.6 Å². The number of benzene rings is 2. The molecule has 8 heteroatoms. The monoisotopic (exact) mass is 446 g/mol. The molecule has 2 aliphatic heterocycles. The number of rotatable bonds is 4. The van der Waals surface area contributed by atoms with Crippen LogP contribution in [0.5, 0.6) is 11.5 Å². The zero-order valence-corrected chi connectivity index (χ0v) is 19.1. The molecule has 1 atom stereocenters. The van der Waals surface area contributed by atoms with Gasteiger partial charge >= 0.3 is 0 Å². The van der Waals surface area contributed by atoms with E-state index in [0.29, 0.717) is 23.5 Å². The second-order valence-corrected chi connectivity index (χ2v) is 8.79. The van der Waals surface area contributed by atoms with Gasteiger partial charge in [0.2, 0.25) is 5.91 Å². The van der Waals surface area contributed by atoms with Crippen LogP contribution < -0.4 is 9.47 Å². The Hall–Kier alpha value is -3.81. The number of ether oxygens (including phenoxy) is 2. The van der Waals surface area contributed by atoms with Gasteiger partial charge in [0, 0.05) is 28.6 Å². The van der Waals surface area contributed by atoms with Crippen LogP contribution in [0.2, 0.25) is 0 Å². The number of hydrogen-bond acceptors (Lipinski definition) is 5. The van der Waals surface area contributed by atoms with Gasteiger partial charge in [0.05, 0.1) is 26.0 Å². The summed E-state index contributed by atoms with van der Waals surface area (Å²) in [5.41, 5.74) is 3.09. The molecule has 1 saturated heterocycles. The maximum atomic E-state index is 13.5. The summed E-state index contributed by atoms with van der Waals surface area (Å²) < 4.78 is 10.8. The van der Waals surface area contributed by atoms with E-state index in [1.165, 1.54) is 11.2 Å². The summed E-state index contributed by atoms with van der Waals surface area (Å²) in [4.78, 5) is 32.0. The molecule has 1 aromatic heterocycles. The topological polar surface area (TPSA) is 87.2 Å². The summed E-state index contributed by atoms with van der Waals surface area (Å²) in [5.74, 6) is 0.748. The largest absolute Gasteiger partial charge is 0.493 e. The molecule has 0 unspecified atom stereocenters. The van der Waals surface area contributed by atoms with Crippen LogP contribution in [0.25, 0.3) is 10.9 Å². The Morgan fingerprint density at radius 2 is 1.88 bits per heavy atom. The highest BCUT2D eigenvalue weighted by atomic mass is 16.5. The number of hydrogen-bond donors (Lipinski definition) is 1.